The number of carbonyl (C=O) groups excluding carboxylic acids is 6. The van der Waals surface area contributed by atoms with Crippen LogP contribution in [0.15, 0.2) is 0 Å². The monoisotopic (exact) mass is 1400 g/mol. The molecule has 3 rings (SSSR count). The third-order valence-electron chi connectivity index (χ3n) is 13.7. The van der Waals surface area contributed by atoms with Gasteiger partial charge in [-0.3, -0.25) is 46.9 Å². The molecule has 3 heterocycles. The van der Waals surface area contributed by atoms with Gasteiger partial charge in [-0.2, -0.15) is 0 Å². The number of nitrogens with one attached hydrogen (secondary N) is 6. The Morgan fingerprint density at radius 2 is 0.761 bits per heavy atom. The molecule has 3 aliphatic rings. The van der Waals surface area contributed by atoms with Gasteiger partial charge in [-0.25, -0.2) is 4.57 Å². The largest absolute Gasteiger partial charge is 0.756 e. The minimum Gasteiger partial charge on any atom is -0.756 e. The van der Waals surface area contributed by atoms with Crippen molar-refractivity contribution >= 4 is 58.9 Å². The van der Waals surface area contributed by atoms with E-state index in [-0.39, 0.29) is 77.6 Å². The first-order valence-electron chi connectivity index (χ1n) is 29.1. The van der Waals surface area contributed by atoms with E-state index in [1.54, 1.807) is 0 Å². The van der Waals surface area contributed by atoms with Crippen molar-refractivity contribution in [3.05, 3.63) is 0 Å². The van der Waals surface area contributed by atoms with E-state index in [9.17, 15) is 108 Å². The Hall–Kier alpha value is -3.49. The Balaban J connectivity index is 1.63. The lowest BCUT2D eigenvalue weighted by atomic mass is 9.97. The smallest absolute Gasteiger partial charge is 0.472 e. The maximum absolute atomic E-state index is 13.4. The first kappa shape index (κ1) is 82.7. The molecule has 0 bridgehead atoms. The zero-order chi connectivity index (χ0) is 68.9. The molecule has 536 valence electrons. The fraction of sp³-hybridized carbons (Fsp3) is 0.878. The Morgan fingerprint density at radius 1 is 0.467 bits per heavy atom. The zero-order valence-corrected chi connectivity index (χ0v) is 53.6. The second kappa shape index (κ2) is 41.6. The van der Waals surface area contributed by atoms with E-state index in [2.05, 4.69) is 36.4 Å². The maximum Gasteiger partial charge on any atom is 0.472 e. The van der Waals surface area contributed by atoms with Gasteiger partial charge in [-0.15, -0.1) is 0 Å². The van der Waals surface area contributed by atoms with E-state index >= 15 is 0 Å². The highest BCUT2D eigenvalue weighted by Gasteiger charge is 2.48. The Morgan fingerprint density at radius 3 is 1.04 bits per heavy atom. The number of unbranched alkanes of at least 4 members (excludes halogenated alkanes) is 3. The number of phosphoric ester groups is 3. The van der Waals surface area contributed by atoms with Crippen LogP contribution in [0.5, 0.6) is 0 Å². The van der Waals surface area contributed by atoms with Crippen molar-refractivity contribution in [1.82, 2.24) is 31.9 Å². The number of hydrogen-bond donors (Lipinski definition) is 17. The molecule has 6 amide bonds. The summed E-state index contributed by atoms with van der Waals surface area (Å²) < 4.78 is 101. The van der Waals surface area contributed by atoms with Crippen LogP contribution in [0.3, 0.4) is 0 Å². The van der Waals surface area contributed by atoms with Crippen LogP contribution in [0.25, 0.3) is 0 Å². The van der Waals surface area contributed by atoms with Crippen molar-refractivity contribution in [2.45, 2.75) is 189 Å². The lowest BCUT2D eigenvalue weighted by Crippen LogP contribution is -2.64. The van der Waals surface area contributed by atoms with Gasteiger partial charge in [0.1, 0.15) is 91.4 Å². The highest BCUT2D eigenvalue weighted by Crippen LogP contribution is 2.46. The molecule has 12 unspecified atom stereocenters. The predicted molar refractivity (Wildman–Crippen MR) is 300 cm³/mol. The Bertz CT molecular complexity index is 2420. The highest BCUT2D eigenvalue weighted by atomic mass is 31.2. The van der Waals surface area contributed by atoms with Crippen LogP contribution >= 0.6 is 23.5 Å². The predicted octanol–water partition coefficient (Wildman–Crippen LogP) is -8.41. The van der Waals surface area contributed by atoms with Gasteiger partial charge in [0.25, 0.3) is 15.6 Å². The molecule has 3 aliphatic heterocycles. The second-order valence-corrected chi connectivity index (χ2v) is 25.4. The fourth-order valence-electron chi connectivity index (χ4n) is 8.94. The number of ether oxygens (including phenoxy) is 6. The molecule has 0 spiro atoms. The normalized spacial score (nSPS) is 29.6. The van der Waals surface area contributed by atoms with E-state index in [0.29, 0.717) is 0 Å². The van der Waals surface area contributed by atoms with E-state index in [1.165, 1.54) is 0 Å². The summed E-state index contributed by atoms with van der Waals surface area (Å²) in [5.74, 6) is -3.95. The first-order valence-corrected chi connectivity index (χ1v) is 33.5. The topological polar surface area (TPSA) is 605 Å². The van der Waals surface area contributed by atoms with Crippen molar-refractivity contribution in [3.63, 3.8) is 0 Å². The molecule has 3 fully saturated rings. The summed E-state index contributed by atoms with van der Waals surface area (Å²) in [4.78, 5) is 110. The van der Waals surface area contributed by atoms with Crippen LogP contribution in [0.2, 0.25) is 0 Å². The molecular weight excluding hydrogens is 1310 g/mol. The van der Waals surface area contributed by atoms with Crippen LogP contribution in [0.4, 0.5) is 0 Å². The third kappa shape index (κ3) is 29.9. The lowest BCUT2D eigenvalue weighted by molar-refractivity contribution is -0.270. The number of carbonyl (C=O) groups is 6. The summed E-state index contributed by atoms with van der Waals surface area (Å²) in [7, 11) is -15.6. The summed E-state index contributed by atoms with van der Waals surface area (Å²) in [6.45, 7) is -4.73. The number of aliphatic hydroxyl groups is 10. The van der Waals surface area contributed by atoms with Crippen LogP contribution in [-0.2, 0) is 98.0 Å². The van der Waals surface area contributed by atoms with Gasteiger partial charge < -0.3 is 144 Å². The van der Waals surface area contributed by atoms with E-state index in [0.717, 1.165) is 27.9 Å². The van der Waals surface area contributed by atoms with Gasteiger partial charge in [0.15, 0.2) is 18.9 Å². The number of aliphatic hydroxyl groups excluding tert-OH is 10. The van der Waals surface area contributed by atoms with Gasteiger partial charge >= 0.3 is 7.82 Å². The van der Waals surface area contributed by atoms with Crippen molar-refractivity contribution in [1.29, 1.82) is 0 Å². The van der Waals surface area contributed by atoms with Gasteiger partial charge in [-0.1, -0.05) is 0 Å². The van der Waals surface area contributed by atoms with Gasteiger partial charge in [0.05, 0.1) is 39.6 Å². The molecule has 0 saturated carbocycles. The summed E-state index contributed by atoms with van der Waals surface area (Å²) >= 11 is 0. The minimum absolute atomic E-state index is 0.0484. The first-order chi connectivity index (χ1) is 43.3. The molecule has 0 aromatic carbocycles. The molecule has 0 radical (unpaired) electrons. The van der Waals surface area contributed by atoms with Gasteiger partial charge in [0.2, 0.25) is 35.4 Å². The molecule has 43 heteroatoms. The molecule has 3 saturated heterocycles. The molecule has 92 heavy (non-hydrogen) atoms. The fourth-order valence-corrected chi connectivity index (χ4v) is 11.4. The average Bonchev–Trinajstić information content (AvgIpc) is 0.836. The Kier molecular flexibility index (Phi) is 37.4. The highest BCUT2D eigenvalue weighted by molar-refractivity contribution is 7.47. The molecular formula is C49H89N6O34P3-2. The molecule has 40 nitrogen and oxygen atoms in total. The van der Waals surface area contributed by atoms with Crippen LogP contribution in [0, 0.1) is 0 Å². The summed E-state index contributed by atoms with van der Waals surface area (Å²) in [6, 6.07) is -3.69. The number of phosphoric acid groups is 3. The lowest BCUT2D eigenvalue weighted by Gasteiger charge is -2.42. The van der Waals surface area contributed by atoms with E-state index in [4.69, 9.17) is 51.0 Å². The molecule has 0 aromatic heterocycles. The van der Waals surface area contributed by atoms with E-state index in [1.807, 2.05) is 0 Å². The van der Waals surface area contributed by atoms with Gasteiger partial charge in [0, 0.05) is 86.6 Å². The van der Waals surface area contributed by atoms with Crippen LogP contribution in [0.1, 0.15) is 78.6 Å². The van der Waals surface area contributed by atoms with Crippen molar-refractivity contribution in [2.75, 3.05) is 86.2 Å². The van der Waals surface area contributed by atoms with Gasteiger partial charge in [-0.05, 0) is 38.5 Å². The molecule has 0 aromatic rings. The SMILES string of the molecule is COP(=O)(O)OC(CNC(=O)CCCCO[C@@H]1OC(CO)[C@H](O)[C@H](O)C1NC(C)=O)COP(=O)([O-])OC(CNC(=O)CCCCO[C@@H]1OC(CO)[C@H](O)[C@H](O)C1NC(C)=O)COP(=O)([O-])OC(CO)CNC(=O)CCCCO[C@@H]1OC(CO)[C@H](O)[C@H](O)C1NC(C)=O. The number of rotatable bonds is 44. The second-order valence-electron chi connectivity index (χ2n) is 21.2. The van der Waals surface area contributed by atoms with Crippen LogP contribution in [-0.4, -0.2) is 288 Å². The van der Waals surface area contributed by atoms with Crippen LogP contribution < -0.4 is 41.7 Å². The minimum atomic E-state index is -5.75. The third-order valence-corrected chi connectivity index (χ3v) is 16.8. The summed E-state index contributed by atoms with van der Waals surface area (Å²) in [5, 5.41) is 115. The molecule has 0 aliphatic carbocycles. The van der Waals surface area contributed by atoms with Crippen molar-refractivity contribution < 1.29 is 164 Å². The van der Waals surface area contributed by atoms with Crippen molar-refractivity contribution in [3.8, 4) is 0 Å². The quantitative estimate of drug-likeness (QED) is 0.0199. The molecule has 17 N–H and O–H groups in total. The summed E-state index contributed by atoms with van der Waals surface area (Å²) in [6.07, 6.45) is -22.6. The standard InChI is InChI=1S/C49H91N6O34P3/c1-26(60)53-38-44(69)41(66)32(21-57)84-47(38)79-14-8-5-11-35(63)50-17-29(20-56)87-91(74,75)82-25-31(19-52-37(65)13-7-10-16-81-49-40(55-28(3)62)46(71)43(68)34(23-59)86-49)89-92(76,77)83-24-30(88-90(72,73)78-4)18-51-36(64)12-6-9-15-80-48-39(54-27(2)61)45(70)42(67)33(22-58)85-48/h29-34,38-49,56-59,66-71H,5-25H2,1-4H3,(H,50,63)(H,51,64)(H,52,65)(H,53,60)(H,54,61)(H,55,62)(H,72,73)(H,74,75)(H,76,77)/p-2/t29?,30?,31?,32?,33?,34?,38?,39?,40?,41-,42-,43-,44+,45+,46+,47+,48+,49+/m0/s1. The Labute approximate surface area is 528 Å². The van der Waals surface area contributed by atoms with E-state index < -0.39 is 228 Å². The maximum atomic E-state index is 13.4. The summed E-state index contributed by atoms with van der Waals surface area (Å²) in [5.41, 5.74) is 0. The van der Waals surface area contributed by atoms with Crippen molar-refractivity contribution in [2.24, 2.45) is 0 Å². The molecule has 21 atom stereocenters. The zero-order valence-electron chi connectivity index (χ0n) is 50.9. The number of hydrogen-bond acceptors (Lipinski definition) is 33. The average molecular weight is 1400 g/mol. The number of amides is 6.